The summed E-state index contributed by atoms with van der Waals surface area (Å²) in [6, 6.07) is 9.04. The van der Waals surface area contributed by atoms with Crippen molar-refractivity contribution >= 4 is 42.6 Å². The van der Waals surface area contributed by atoms with Crippen molar-refractivity contribution in [2.24, 2.45) is 0 Å². The first-order chi connectivity index (χ1) is 15.3. The number of aromatic nitrogens is 2. The van der Waals surface area contributed by atoms with Crippen LogP contribution in [-0.2, 0) is 10.0 Å². The third kappa shape index (κ3) is 4.69. The van der Waals surface area contributed by atoms with Gasteiger partial charge in [0, 0.05) is 45.5 Å². The summed E-state index contributed by atoms with van der Waals surface area (Å²) < 4.78 is 32.3. The zero-order valence-corrected chi connectivity index (χ0v) is 19.7. The second kappa shape index (κ2) is 9.00. The minimum absolute atomic E-state index is 0.0697. The molecular weight excluding hydrogens is 450 g/mol. The molecule has 170 valence electrons. The van der Waals surface area contributed by atoms with Gasteiger partial charge in [0.1, 0.15) is 5.75 Å². The van der Waals surface area contributed by atoms with Crippen LogP contribution in [0.3, 0.4) is 0 Å². The topological polar surface area (TPSA) is 105 Å². The van der Waals surface area contributed by atoms with Gasteiger partial charge in [0.05, 0.1) is 16.5 Å². The Balaban J connectivity index is 1.56. The summed E-state index contributed by atoms with van der Waals surface area (Å²) in [6.07, 6.45) is 4.54. The van der Waals surface area contributed by atoms with E-state index in [1.807, 2.05) is 19.2 Å². The first kappa shape index (κ1) is 22.4. The van der Waals surface area contributed by atoms with Crippen molar-refractivity contribution in [3.63, 3.8) is 0 Å². The van der Waals surface area contributed by atoms with Gasteiger partial charge in [-0.1, -0.05) is 11.3 Å². The number of benzene rings is 1. The second-order valence-electron chi connectivity index (χ2n) is 7.69. The molecule has 3 heterocycles. The van der Waals surface area contributed by atoms with E-state index in [1.165, 1.54) is 21.9 Å². The van der Waals surface area contributed by atoms with E-state index < -0.39 is 10.0 Å². The van der Waals surface area contributed by atoms with Crippen molar-refractivity contribution in [1.82, 2.24) is 19.6 Å². The van der Waals surface area contributed by atoms with Crippen molar-refractivity contribution in [3.8, 4) is 11.5 Å². The summed E-state index contributed by atoms with van der Waals surface area (Å²) in [4.78, 5) is 22.9. The summed E-state index contributed by atoms with van der Waals surface area (Å²) in [6.45, 7) is 1.03. The highest BCUT2D eigenvalue weighted by molar-refractivity contribution is 7.88. The van der Waals surface area contributed by atoms with Gasteiger partial charge in [-0.25, -0.2) is 22.7 Å². The molecule has 9 nitrogen and oxygen atoms in total. The zero-order chi connectivity index (χ0) is 22.9. The molecule has 4 rings (SSSR count). The van der Waals surface area contributed by atoms with E-state index in [4.69, 9.17) is 9.72 Å². The number of sulfonamides is 1. The number of thiazole rings is 1. The van der Waals surface area contributed by atoms with E-state index in [0.717, 1.165) is 28.2 Å². The Labute approximate surface area is 191 Å². The predicted molar refractivity (Wildman–Crippen MR) is 125 cm³/mol. The molecule has 1 unspecified atom stereocenters. The highest BCUT2D eigenvalue weighted by atomic mass is 32.2. The molecule has 0 radical (unpaired) electrons. The number of nitrogens with one attached hydrogen (secondary N) is 1. The number of rotatable bonds is 6. The highest BCUT2D eigenvalue weighted by Crippen LogP contribution is 2.34. The van der Waals surface area contributed by atoms with Crippen molar-refractivity contribution in [1.29, 1.82) is 0 Å². The molecule has 1 amide bonds. The Kier molecular flexibility index (Phi) is 6.31. The Morgan fingerprint density at radius 3 is 2.91 bits per heavy atom. The molecule has 1 aliphatic rings. The quantitative estimate of drug-likeness (QED) is 0.584. The summed E-state index contributed by atoms with van der Waals surface area (Å²) >= 11 is 1.52. The Morgan fingerprint density at radius 2 is 2.16 bits per heavy atom. The number of amides is 1. The summed E-state index contributed by atoms with van der Waals surface area (Å²) in [5.41, 5.74) is 1.05. The smallest absolute Gasteiger partial charge is 0.273 e. The highest BCUT2D eigenvalue weighted by Gasteiger charge is 2.29. The molecule has 1 aromatic carbocycles. The van der Waals surface area contributed by atoms with Gasteiger partial charge in [-0.2, -0.15) is 0 Å². The Morgan fingerprint density at radius 1 is 1.34 bits per heavy atom. The number of pyridine rings is 1. The van der Waals surface area contributed by atoms with E-state index in [2.05, 4.69) is 15.2 Å². The number of carbonyl (C=O) groups is 1. The van der Waals surface area contributed by atoms with Crippen molar-refractivity contribution in [2.45, 2.75) is 18.9 Å². The average molecular weight is 476 g/mol. The van der Waals surface area contributed by atoms with Crippen LogP contribution < -0.4 is 15.0 Å². The van der Waals surface area contributed by atoms with Crippen LogP contribution in [0.2, 0.25) is 0 Å². The third-order valence-electron chi connectivity index (χ3n) is 5.47. The van der Waals surface area contributed by atoms with Crippen LogP contribution >= 0.6 is 11.3 Å². The number of anilines is 1. The number of hydrogen-bond donors (Lipinski definition) is 1. The van der Waals surface area contributed by atoms with Gasteiger partial charge in [-0.15, -0.1) is 0 Å². The number of carbonyl (C=O) groups excluding carboxylic acids is 1. The normalized spacial score (nSPS) is 17.3. The number of likely N-dealkylation sites (N-methyl/N-ethyl adjacent to an activating group) is 1. The Bertz CT molecular complexity index is 1240. The summed E-state index contributed by atoms with van der Waals surface area (Å²) in [7, 11) is 0.294. The molecule has 0 saturated carbocycles. The largest absolute Gasteiger partial charge is 0.455 e. The van der Waals surface area contributed by atoms with Crippen molar-refractivity contribution in [3.05, 3.63) is 42.2 Å². The molecule has 1 fully saturated rings. The first-order valence-corrected chi connectivity index (χ1v) is 12.9. The molecule has 32 heavy (non-hydrogen) atoms. The predicted octanol–water partition coefficient (Wildman–Crippen LogP) is 2.70. The molecule has 3 aromatic rings. The van der Waals surface area contributed by atoms with Gasteiger partial charge in [-0.3, -0.25) is 4.79 Å². The fourth-order valence-electron chi connectivity index (χ4n) is 3.69. The third-order valence-corrected chi connectivity index (χ3v) is 7.85. The van der Waals surface area contributed by atoms with E-state index in [-0.39, 0.29) is 17.6 Å². The van der Waals surface area contributed by atoms with Gasteiger partial charge >= 0.3 is 0 Å². The van der Waals surface area contributed by atoms with Gasteiger partial charge in [0.25, 0.3) is 5.91 Å². The van der Waals surface area contributed by atoms with Crippen LogP contribution in [0.1, 0.15) is 23.3 Å². The lowest BCUT2D eigenvalue weighted by Gasteiger charge is -2.36. The SMILES string of the molecule is CNC(=O)c1ncccc1Oc1ccc2nc(N(C)C3CCCN(S(C)(=O)=O)C3)sc2c1. The van der Waals surface area contributed by atoms with Crippen LogP contribution in [0.5, 0.6) is 11.5 Å². The Hall–Kier alpha value is -2.76. The monoisotopic (exact) mass is 475 g/mol. The molecule has 1 aliphatic heterocycles. The van der Waals surface area contributed by atoms with E-state index in [1.54, 1.807) is 31.4 Å². The zero-order valence-electron chi connectivity index (χ0n) is 18.1. The number of piperidine rings is 1. The van der Waals surface area contributed by atoms with E-state index >= 15 is 0 Å². The van der Waals surface area contributed by atoms with Crippen LogP contribution in [0.15, 0.2) is 36.5 Å². The van der Waals surface area contributed by atoms with Crippen LogP contribution in [0, 0.1) is 0 Å². The average Bonchev–Trinajstić information content (AvgIpc) is 3.21. The maximum Gasteiger partial charge on any atom is 0.273 e. The molecular formula is C21H25N5O4S2. The lowest BCUT2D eigenvalue weighted by atomic mass is 10.1. The van der Waals surface area contributed by atoms with Gasteiger partial charge in [-0.05, 0) is 37.1 Å². The fraction of sp³-hybridized carbons (Fsp3) is 0.381. The number of nitrogens with zero attached hydrogens (tertiary/aromatic N) is 4. The standard InChI is InChI=1S/C21H25N5O4S2/c1-22-20(27)19-17(7-4-10-23-19)30-15-8-9-16-18(12-15)31-21(24-16)25(2)14-6-5-11-26(13-14)32(3,28)29/h4,7-10,12,14H,5-6,11,13H2,1-3H3,(H,22,27). The minimum atomic E-state index is -3.21. The first-order valence-electron chi connectivity index (χ1n) is 10.2. The fourth-order valence-corrected chi connectivity index (χ4v) is 5.62. The lowest BCUT2D eigenvalue weighted by molar-refractivity contribution is 0.0955. The molecule has 1 N–H and O–H groups in total. The molecule has 0 aliphatic carbocycles. The number of ether oxygens (including phenoxy) is 1. The summed E-state index contributed by atoms with van der Waals surface area (Å²) in [5.74, 6) is 0.629. The molecule has 0 bridgehead atoms. The molecule has 1 atom stereocenters. The summed E-state index contributed by atoms with van der Waals surface area (Å²) in [5, 5.41) is 3.38. The molecule has 11 heteroatoms. The number of fused-ring (bicyclic) bond motifs is 1. The van der Waals surface area contributed by atoms with Crippen LogP contribution in [0.25, 0.3) is 10.2 Å². The van der Waals surface area contributed by atoms with Crippen molar-refractivity contribution in [2.75, 3.05) is 38.3 Å². The van der Waals surface area contributed by atoms with E-state index in [9.17, 15) is 13.2 Å². The molecule has 0 spiro atoms. The second-order valence-corrected chi connectivity index (χ2v) is 10.7. The van der Waals surface area contributed by atoms with Crippen LogP contribution in [0.4, 0.5) is 5.13 Å². The minimum Gasteiger partial charge on any atom is -0.455 e. The van der Waals surface area contributed by atoms with Gasteiger partial charge < -0.3 is 15.0 Å². The molecule has 2 aromatic heterocycles. The molecule has 1 saturated heterocycles. The van der Waals surface area contributed by atoms with Crippen molar-refractivity contribution < 1.29 is 17.9 Å². The van der Waals surface area contributed by atoms with Crippen LogP contribution in [-0.4, -0.2) is 68.1 Å². The van der Waals surface area contributed by atoms with Gasteiger partial charge in [0.2, 0.25) is 10.0 Å². The van der Waals surface area contributed by atoms with Gasteiger partial charge in [0.15, 0.2) is 16.6 Å². The maximum atomic E-state index is 12.0. The maximum absolute atomic E-state index is 12.0. The lowest BCUT2D eigenvalue weighted by Crippen LogP contribution is -2.48. The number of hydrogen-bond acceptors (Lipinski definition) is 8. The van der Waals surface area contributed by atoms with E-state index in [0.29, 0.717) is 24.6 Å².